The van der Waals surface area contributed by atoms with Crippen LogP contribution in [0.3, 0.4) is 0 Å². The van der Waals surface area contributed by atoms with Crippen molar-refractivity contribution in [2.45, 2.75) is 17.5 Å². The van der Waals surface area contributed by atoms with Crippen molar-refractivity contribution in [1.82, 2.24) is 15.4 Å². The number of ether oxygens (including phenoxy) is 1. The molecule has 0 bridgehead atoms. The van der Waals surface area contributed by atoms with Crippen molar-refractivity contribution in [3.05, 3.63) is 88.1 Å². The second-order valence-electron chi connectivity index (χ2n) is 6.70. The van der Waals surface area contributed by atoms with Gasteiger partial charge < -0.3 is 10.1 Å². The van der Waals surface area contributed by atoms with Crippen LogP contribution in [0.15, 0.2) is 77.0 Å². The lowest BCUT2D eigenvalue weighted by atomic mass is 10.1. The molecule has 1 unspecified atom stereocenters. The molecule has 33 heavy (non-hydrogen) atoms. The van der Waals surface area contributed by atoms with Gasteiger partial charge in [-0.25, -0.2) is 22.7 Å². The predicted octanol–water partition coefficient (Wildman–Crippen LogP) is 2.58. The van der Waals surface area contributed by atoms with Crippen LogP contribution in [-0.4, -0.2) is 33.4 Å². The fraction of sp³-hybridized carbons (Fsp3) is 0.136. The van der Waals surface area contributed by atoms with Crippen LogP contribution in [0, 0.1) is 0 Å². The molecule has 0 aliphatic heterocycles. The summed E-state index contributed by atoms with van der Waals surface area (Å²) in [6, 6.07) is 16.3. The van der Waals surface area contributed by atoms with E-state index in [2.05, 4.69) is 15.4 Å². The van der Waals surface area contributed by atoms with Gasteiger partial charge in [0.1, 0.15) is 0 Å². The molecular weight excluding hydrogens is 466 g/mol. The van der Waals surface area contributed by atoms with Crippen LogP contribution in [0.5, 0.6) is 0 Å². The summed E-state index contributed by atoms with van der Waals surface area (Å²) in [5, 5.41) is 6.17. The first-order valence-corrected chi connectivity index (χ1v) is 12.1. The summed E-state index contributed by atoms with van der Waals surface area (Å²) < 4.78 is 33.1. The SMILES string of the molecule is CNC(=O)NC(=O)C(OC(=O)c1cccc(S(=O)(=O)NCc2cccs2)c1)c1ccccc1. The van der Waals surface area contributed by atoms with Gasteiger partial charge in [0.25, 0.3) is 5.91 Å². The fourth-order valence-corrected chi connectivity index (χ4v) is 4.56. The second kappa shape index (κ2) is 10.9. The number of benzene rings is 2. The molecular formula is C22H21N3O6S2. The van der Waals surface area contributed by atoms with Crippen LogP contribution < -0.4 is 15.4 Å². The number of hydrogen-bond donors (Lipinski definition) is 3. The van der Waals surface area contributed by atoms with Crippen LogP contribution in [0.2, 0.25) is 0 Å². The van der Waals surface area contributed by atoms with E-state index in [9.17, 15) is 22.8 Å². The highest BCUT2D eigenvalue weighted by Crippen LogP contribution is 2.21. The lowest BCUT2D eigenvalue weighted by molar-refractivity contribution is -0.129. The molecule has 172 valence electrons. The van der Waals surface area contributed by atoms with Gasteiger partial charge in [-0.3, -0.25) is 10.1 Å². The van der Waals surface area contributed by atoms with E-state index in [1.165, 1.54) is 36.6 Å². The number of nitrogens with one attached hydrogen (secondary N) is 3. The topological polar surface area (TPSA) is 131 Å². The van der Waals surface area contributed by atoms with E-state index in [-0.39, 0.29) is 17.0 Å². The third-order valence-corrected chi connectivity index (χ3v) is 6.70. The minimum absolute atomic E-state index is 0.0670. The minimum atomic E-state index is -3.89. The first-order valence-electron chi connectivity index (χ1n) is 9.71. The molecule has 0 radical (unpaired) electrons. The normalized spacial score (nSPS) is 11.9. The third-order valence-electron chi connectivity index (χ3n) is 4.43. The molecule has 1 aromatic heterocycles. The molecule has 0 aliphatic carbocycles. The number of carbonyl (C=O) groups excluding carboxylic acids is 3. The van der Waals surface area contributed by atoms with Crippen molar-refractivity contribution in [1.29, 1.82) is 0 Å². The first-order chi connectivity index (χ1) is 15.8. The van der Waals surface area contributed by atoms with E-state index < -0.39 is 34.0 Å². The largest absolute Gasteiger partial charge is 0.444 e. The van der Waals surface area contributed by atoms with E-state index in [1.54, 1.807) is 36.4 Å². The van der Waals surface area contributed by atoms with E-state index in [4.69, 9.17) is 4.74 Å². The molecule has 3 N–H and O–H groups in total. The highest BCUT2D eigenvalue weighted by atomic mass is 32.2. The summed E-state index contributed by atoms with van der Waals surface area (Å²) in [6.45, 7) is 0.115. The van der Waals surface area contributed by atoms with Gasteiger partial charge in [0.2, 0.25) is 16.1 Å². The monoisotopic (exact) mass is 487 g/mol. The van der Waals surface area contributed by atoms with Crippen molar-refractivity contribution >= 4 is 39.3 Å². The maximum absolute atomic E-state index is 12.8. The smallest absolute Gasteiger partial charge is 0.339 e. The molecule has 0 fully saturated rings. The number of esters is 1. The average molecular weight is 488 g/mol. The van der Waals surface area contributed by atoms with E-state index in [0.717, 1.165) is 10.9 Å². The predicted molar refractivity (Wildman–Crippen MR) is 122 cm³/mol. The number of rotatable bonds is 8. The summed E-state index contributed by atoms with van der Waals surface area (Å²) in [7, 11) is -2.55. The molecule has 0 spiro atoms. The Balaban J connectivity index is 1.79. The molecule has 0 saturated heterocycles. The Morgan fingerprint density at radius 1 is 1.00 bits per heavy atom. The maximum atomic E-state index is 12.8. The highest BCUT2D eigenvalue weighted by Gasteiger charge is 2.27. The zero-order valence-electron chi connectivity index (χ0n) is 17.5. The van der Waals surface area contributed by atoms with Gasteiger partial charge in [-0.1, -0.05) is 42.5 Å². The highest BCUT2D eigenvalue weighted by molar-refractivity contribution is 7.89. The van der Waals surface area contributed by atoms with Crippen LogP contribution in [0.25, 0.3) is 0 Å². The molecule has 9 nitrogen and oxygen atoms in total. The van der Waals surface area contributed by atoms with Crippen LogP contribution in [-0.2, 0) is 26.1 Å². The van der Waals surface area contributed by atoms with Crippen LogP contribution in [0.1, 0.15) is 26.9 Å². The van der Waals surface area contributed by atoms with Gasteiger partial charge in [0.15, 0.2) is 0 Å². The second-order valence-corrected chi connectivity index (χ2v) is 9.50. The summed E-state index contributed by atoms with van der Waals surface area (Å²) >= 11 is 1.41. The zero-order chi connectivity index (χ0) is 23.8. The first kappa shape index (κ1) is 24.1. The van der Waals surface area contributed by atoms with Gasteiger partial charge in [0.05, 0.1) is 10.5 Å². The quantitative estimate of drug-likeness (QED) is 0.419. The molecule has 3 amide bonds. The summed E-state index contributed by atoms with van der Waals surface area (Å²) in [5.74, 6) is -1.78. The summed E-state index contributed by atoms with van der Waals surface area (Å²) in [5.41, 5.74) is 0.274. The summed E-state index contributed by atoms with van der Waals surface area (Å²) in [6.07, 6.45) is -1.42. The zero-order valence-corrected chi connectivity index (χ0v) is 19.1. The number of imide groups is 1. The number of amides is 3. The Kier molecular flexibility index (Phi) is 7.93. The standard InChI is InChI=1S/C22H21N3O6S2/c1-23-22(28)25-20(26)19(15-7-3-2-4-8-15)31-21(27)16-9-5-11-18(13-16)33(29,30)24-14-17-10-6-12-32-17/h2-13,19,24H,14H2,1H3,(H2,23,25,26,28). The summed E-state index contributed by atoms with van der Waals surface area (Å²) in [4.78, 5) is 37.6. The van der Waals surface area contributed by atoms with Crippen molar-refractivity contribution in [3.63, 3.8) is 0 Å². The Morgan fingerprint density at radius 2 is 1.76 bits per heavy atom. The molecule has 2 aromatic carbocycles. The lowest BCUT2D eigenvalue weighted by Crippen LogP contribution is -2.41. The minimum Gasteiger partial charge on any atom is -0.444 e. The average Bonchev–Trinajstić information content (AvgIpc) is 3.35. The van der Waals surface area contributed by atoms with Crippen LogP contribution in [0.4, 0.5) is 4.79 Å². The van der Waals surface area contributed by atoms with Gasteiger partial charge >= 0.3 is 12.0 Å². The van der Waals surface area contributed by atoms with Crippen molar-refractivity contribution in [2.24, 2.45) is 0 Å². The number of sulfonamides is 1. The number of urea groups is 1. The third kappa shape index (κ3) is 6.48. The van der Waals surface area contributed by atoms with E-state index in [0.29, 0.717) is 5.56 Å². The molecule has 0 saturated carbocycles. The maximum Gasteiger partial charge on any atom is 0.339 e. The van der Waals surface area contributed by atoms with Gasteiger partial charge in [-0.15, -0.1) is 11.3 Å². The molecule has 0 aliphatic rings. The lowest BCUT2D eigenvalue weighted by Gasteiger charge is -2.17. The van der Waals surface area contributed by atoms with E-state index >= 15 is 0 Å². The van der Waals surface area contributed by atoms with Crippen molar-refractivity contribution in [3.8, 4) is 0 Å². The van der Waals surface area contributed by atoms with E-state index in [1.807, 2.05) is 11.4 Å². The number of carbonyl (C=O) groups is 3. The molecule has 3 rings (SSSR count). The van der Waals surface area contributed by atoms with Crippen molar-refractivity contribution < 1.29 is 27.5 Å². The molecule has 11 heteroatoms. The number of thiophene rings is 1. The Morgan fingerprint density at radius 3 is 2.42 bits per heavy atom. The van der Waals surface area contributed by atoms with Crippen molar-refractivity contribution in [2.75, 3.05) is 7.05 Å². The Hall–Kier alpha value is -3.54. The van der Waals surface area contributed by atoms with Crippen LogP contribution >= 0.6 is 11.3 Å². The van der Waals surface area contributed by atoms with Gasteiger partial charge in [-0.2, -0.15) is 0 Å². The number of hydrogen-bond acceptors (Lipinski definition) is 7. The fourth-order valence-electron chi connectivity index (χ4n) is 2.77. The molecule has 1 atom stereocenters. The Labute approximate surface area is 194 Å². The molecule has 1 heterocycles. The molecule has 3 aromatic rings. The Bertz CT molecular complexity index is 1230. The van der Waals surface area contributed by atoms with Gasteiger partial charge in [0, 0.05) is 24.0 Å². The van der Waals surface area contributed by atoms with Gasteiger partial charge in [-0.05, 0) is 29.6 Å².